The molecule has 0 fully saturated rings. The fraction of sp³-hybridized carbons (Fsp3) is 0.235. The first-order valence-corrected chi connectivity index (χ1v) is 6.95. The van der Waals surface area contributed by atoms with Gasteiger partial charge in [0, 0.05) is 24.5 Å². The van der Waals surface area contributed by atoms with Gasteiger partial charge in [-0.05, 0) is 25.3 Å². The van der Waals surface area contributed by atoms with Crippen LogP contribution in [-0.2, 0) is 0 Å². The van der Waals surface area contributed by atoms with Gasteiger partial charge in [-0.3, -0.25) is 4.79 Å². The fourth-order valence-corrected chi connectivity index (χ4v) is 2.56. The molecule has 0 saturated heterocycles. The highest BCUT2D eigenvalue weighted by Gasteiger charge is 2.11. The molecule has 0 atom stereocenters. The summed E-state index contributed by atoms with van der Waals surface area (Å²) in [5.74, 6) is 0.642. The maximum absolute atomic E-state index is 12.3. The zero-order valence-electron chi connectivity index (χ0n) is 11.7. The van der Waals surface area contributed by atoms with Gasteiger partial charge in [-0.1, -0.05) is 30.3 Å². The van der Waals surface area contributed by atoms with Crippen molar-refractivity contribution in [2.45, 2.75) is 13.8 Å². The van der Waals surface area contributed by atoms with E-state index in [2.05, 4.69) is 13.8 Å². The SMILES string of the molecule is CCN(CC)c1cc(=O)c2ccc3ccccc3c2o1. The molecule has 3 rings (SSSR count). The topological polar surface area (TPSA) is 33.5 Å². The van der Waals surface area contributed by atoms with Crippen LogP contribution in [0.5, 0.6) is 0 Å². The second-order valence-corrected chi connectivity index (χ2v) is 4.78. The number of fused-ring (bicyclic) bond motifs is 3. The van der Waals surface area contributed by atoms with Crippen molar-refractivity contribution in [3.8, 4) is 0 Å². The van der Waals surface area contributed by atoms with Gasteiger partial charge in [-0.15, -0.1) is 0 Å². The standard InChI is InChI=1S/C17H17NO2/c1-3-18(4-2)16-11-15(19)14-10-9-12-7-5-6-8-13(12)17(14)20-16/h5-11H,3-4H2,1-2H3. The van der Waals surface area contributed by atoms with E-state index >= 15 is 0 Å². The molecule has 0 aliphatic rings. The molecule has 20 heavy (non-hydrogen) atoms. The Kier molecular flexibility index (Phi) is 3.18. The van der Waals surface area contributed by atoms with Crippen molar-refractivity contribution in [2.75, 3.05) is 18.0 Å². The van der Waals surface area contributed by atoms with Crippen molar-refractivity contribution in [3.05, 3.63) is 52.7 Å². The van der Waals surface area contributed by atoms with Crippen molar-refractivity contribution >= 4 is 27.6 Å². The predicted octanol–water partition coefficient (Wildman–Crippen LogP) is 3.79. The molecule has 0 radical (unpaired) electrons. The van der Waals surface area contributed by atoms with Gasteiger partial charge in [0.1, 0.15) is 5.58 Å². The normalized spacial score (nSPS) is 11.1. The first kappa shape index (κ1) is 12.7. The second-order valence-electron chi connectivity index (χ2n) is 4.78. The van der Waals surface area contributed by atoms with Crippen LogP contribution in [0.1, 0.15) is 13.8 Å². The Morgan fingerprint density at radius 1 is 1.00 bits per heavy atom. The molecule has 102 valence electrons. The zero-order chi connectivity index (χ0) is 14.1. The molecule has 0 aliphatic heterocycles. The number of benzene rings is 2. The molecule has 3 heteroatoms. The van der Waals surface area contributed by atoms with Gasteiger partial charge in [-0.2, -0.15) is 0 Å². The number of nitrogens with zero attached hydrogens (tertiary/aromatic N) is 1. The lowest BCUT2D eigenvalue weighted by molar-refractivity contribution is 0.581. The van der Waals surface area contributed by atoms with Gasteiger partial charge in [0.15, 0.2) is 11.3 Å². The average molecular weight is 267 g/mol. The Morgan fingerprint density at radius 3 is 2.50 bits per heavy atom. The van der Waals surface area contributed by atoms with Crippen LogP contribution < -0.4 is 10.3 Å². The number of rotatable bonds is 3. The minimum absolute atomic E-state index is 0.0129. The molecule has 3 nitrogen and oxygen atoms in total. The summed E-state index contributed by atoms with van der Waals surface area (Å²) in [6, 6.07) is 13.4. The molecule has 0 amide bonds. The van der Waals surface area contributed by atoms with Crippen molar-refractivity contribution in [2.24, 2.45) is 0 Å². The van der Waals surface area contributed by atoms with E-state index in [0.29, 0.717) is 16.9 Å². The highest BCUT2D eigenvalue weighted by Crippen LogP contribution is 2.26. The molecule has 1 aromatic heterocycles. The molecule has 3 aromatic rings. The lowest BCUT2D eigenvalue weighted by atomic mass is 10.1. The first-order valence-electron chi connectivity index (χ1n) is 6.95. The highest BCUT2D eigenvalue weighted by molar-refractivity contribution is 6.04. The van der Waals surface area contributed by atoms with Gasteiger partial charge in [0.05, 0.1) is 5.39 Å². The molecular formula is C17H17NO2. The van der Waals surface area contributed by atoms with Crippen LogP contribution in [0.25, 0.3) is 21.7 Å². The summed E-state index contributed by atoms with van der Waals surface area (Å²) in [4.78, 5) is 14.3. The van der Waals surface area contributed by atoms with Crippen molar-refractivity contribution in [3.63, 3.8) is 0 Å². The molecule has 0 unspecified atom stereocenters. The van der Waals surface area contributed by atoms with E-state index in [1.807, 2.05) is 41.3 Å². The van der Waals surface area contributed by atoms with Gasteiger partial charge in [-0.25, -0.2) is 0 Å². The Bertz CT molecular complexity index is 816. The molecular weight excluding hydrogens is 250 g/mol. The second kappa shape index (κ2) is 5.00. The highest BCUT2D eigenvalue weighted by atomic mass is 16.4. The van der Waals surface area contributed by atoms with Gasteiger partial charge >= 0.3 is 0 Å². The van der Waals surface area contributed by atoms with Crippen LogP contribution in [0, 0.1) is 0 Å². The molecule has 2 aromatic carbocycles. The predicted molar refractivity (Wildman–Crippen MR) is 83.6 cm³/mol. The van der Waals surface area contributed by atoms with Gasteiger partial charge < -0.3 is 9.32 Å². The molecule has 0 aliphatic carbocycles. The Hall–Kier alpha value is -2.29. The average Bonchev–Trinajstić information content (AvgIpc) is 2.48. The lowest BCUT2D eigenvalue weighted by Gasteiger charge is -2.19. The van der Waals surface area contributed by atoms with E-state index < -0.39 is 0 Å². The smallest absolute Gasteiger partial charge is 0.199 e. The van der Waals surface area contributed by atoms with E-state index in [9.17, 15) is 4.79 Å². The third kappa shape index (κ3) is 1.95. The molecule has 0 spiro atoms. The molecule has 0 bridgehead atoms. The minimum atomic E-state index is 0.0129. The maximum atomic E-state index is 12.3. The van der Waals surface area contributed by atoms with Crippen LogP contribution in [0.3, 0.4) is 0 Å². The van der Waals surface area contributed by atoms with Crippen molar-refractivity contribution in [1.82, 2.24) is 0 Å². The van der Waals surface area contributed by atoms with E-state index in [1.54, 1.807) is 6.07 Å². The zero-order valence-corrected chi connectivity index (χ0v) is 11.7. The summed E-state index contributed by atoms with van der Waals surface area (Å²) in [5.41, 5.74) is 0.691. The summed E-state index contributed by atoms with van der Waals surface area (Å²) in [6.07, 6.45) is 0. The monoisotopic (exact) mass is 267 g/mol. The van der Waals surface area contributed by atoms with Gasteiger partial charge in [0.2, 0.25) is 0 Å². The summed E-state index contributed by atoms with van der Waals surface area (Å²) in [6.45, 7) is 5.74. The fourth-order valence-electron chi connectivity index (χ4n) is 2.56. The molecule has 0 N–H and O–H groups in total. The maximum Gasteiger partial charge on any atom is 0.199 e. The van der Waals surface area contributed by atoms with Crippen LogP contribution in [0.15, 0.2) is 51.7 Å². The van der Waals surface area contributed by atoms with Crippen LogP contribution in [-0.4, -0.2) is 13.1 Å². The third-order valence-corrected chi connectivity index (χ3v) is 3.68. The van der Waals surface area contributed by atoms with E-state index in [0.717, 1.165) is 23.9 Å². The van der Waals surface area contributed by atoms with Crippen molar-refractivity contribution in [1.29, 1.82) is 0 Å². The summed E-state index contributed by atoms with van der Waals surface area (Å²) in [7, 11) is 0. The largest absolute Gasteiger partial charge is 0.440 e. The van der Waals surface area contributed by atoms with Crippen LogP contribution in [0.2, 0.25) is 0 Å². The number of hydrogen-bond acceptors (Lipinski definition) is 3. The third-order valence-electron chi connectivity index (χ3n) is 3.68. The van der Waals surface area contributed by atoms with E-state index in [4.69, 9.17) is 4.42 Å². The Labute approximate surface area is 117 Å². The van der Waals surface area contributed by atoms with Crippen LogP contribution in [0.4, 0.5) is 5.88 Å². The summed E-state index contributed by atoms with van der Waals surface area (Å²) < 4.78 is 6.03. The number of anilines is 1. The molecule has 0 saturated carbocycles. The van der Waals surface area contributed by atoms with Crippen molar-refractivity contribution < 1.29 is 4.42 Å². The van der Waals surface area contributed by atoms with E-state index in [1.165, 1.54) is 0 Å². The van der Waals surface area contributed by atoms with Gasteiger partial charge in [0.25, 0.3) is 0 Å². The Morgan fingerprint density at radius 2 is 1.75 bits per heavy atom. The number of hydrogen-bond donors (Lipinski definition) is 0. The summed E-state index contributed by atoms with van der Waals surface area (Å²) in [5, 5.41) is 2.70. The van der Waals surface area contributed by atoms with Crippen LogP contribution >= 0.6 is 0 Å². The Balaban J connectivity index is 2.38. The minimum Gasteiger partial charge on any atom is -0.440 e. The lowest BCUT2D eigenvalue weighted by Crippen LogP contribution is -2.23. The summed E-state index contributed by atoms with van der Waals surface area (Å²) >= 11 is 0. The quantitative estimate of drug-likeness (QED) is 0.677. The molecule has 1 heterocycles. The first-order chi connectivity index (χ1) is 9.74. The van der Waals surface area contributed by atoms with E-state index in [-0.39, 0.29) is 5.43 Å².